The minimum Gasteiger partial charge on any atom is -0.397 e. The van der Waals surface area contributed by atoms with E-state index in [2.05, 4.69) is 59.6 Å². The summed E-state index contributed by atoms with van der Waals surface area (Å²) in [6, 6.07) is 9.79. The first-order valence-corrected chi connectivity index (χ1v) is 18.8. The second-order valence-corrected chi connectivity index (χ2v) is 20.5. The molecule has 0 saturated carbocycles. The van der Waals surface area contributed by atoms with E-state index >= 15 is 0 Å². The summed E-state index contributed by atoms with van der Waals surface area (Å²) in [7, 11) is -3.56. The molecule has 0 spiro atoms. The van der Waals surface area contributed by atoms with Crippen molar-refractivity contribution in [1.82, 2.24) is 4.23 Å². The van der Waals surface area contributed by atoms with Gasteiger partial charge in [0.05, 0.1) is 0 Å². The maximum absolute atomic E-state index is 5.35. The molecule has 0 radical (unpaired) electrons. The maximum atomic E-state index is 5.35. The highest BCUT2D eigenvalue weighted by Gasteiger charge is 2.45. The number of rotatable bonds is 15. The second kappa shape index (κ2) is 17.4. The third-order valence-corrected chi connectivity index (χ3v) is 22.1. The summed E-state index contributed by atoms with van der Waals surface area (Å²) in [6.07, 6.45) is 1.34. The Morgan fingerprint density at radius 2 is 0.926 bits per heavy atom. The molecule has 0 aliphatic rings. The van der Waals surface area contributed by atoms with Crippen LogP contribution in [0.15, 0.2) is 0 Å². The van der Waals surface area contributed by atoms with Crippen molar-refractivity contribution in [2.75, 3.05) is 19.8 Å². The quantitative estimate of drug-likeness (QED) is 0.258. The highest BCUT2D eigenvalue weighted by Crippen LogP contribution is 2.35. The standard InChI is InChI=1S/C15H37NSi2.C6H16O2Si/c1-8-15-16(17(9-2,10-3)11-4)18(12-5,13-6)14-7;1-4-7-9(6-3)8-5-2/h8-15H2,1-7H3;9H,4-6H2,1-3H3. The van der Waals surface area contributed by atoms with Gasteiger partial charge < -0.3 is 13.1 Å². The molecule has 0 aromatic rings. The smallest absolute Gasteiger partial charge is 0.321 e. The molecule has 0 aliphatic heterocycles. The Balaban J connectivity index is 0. The second-order valence-electron chi connectivity index (χ2n) is 7.47. The van der Waals surface area contributed by atoms with E-state index in [1.807, 2.05) is 13.8 Å². The molecular formula is C21H53NO2Si3. The average Bonchev–Trinajstić information content (AvgIpc) is 2.71. The predicted octanol–water partition coefficient (Wildman–Crippen LogP) is 7.01. The molecule has 0 heterocycles. The molecule has 0 atom stereocenters. The minimum atomic E-state index is -1.21. The molecule has 0 bridgehead atoms. The van der Waals surface area contributed by atoms with Gasteiger partial charge >= 0.3 is 9.28 Å². The van der Waals surface area contributed by atoms with Gasteiger partial charge in [-0.1, -0.05) is 55.4 Å². The SMILES string of the molecule is CCCN([Si](CC)(CC)CC)[Si](CC)(CC)CC.CCO[SiH](CC)OCC. The third-order valence-electron chi connectivity index (χ3n) is 6.58. The van der Waals surface area contributed by atoms with Gasteiger partial charge in [-0.25, -0.2) is 0 Å². The lowest BCUT2D eigenvalue weighted by molar-refractivity contribution is 0.214. The molecule has 0 unspecified atom stereocenters. The molecule has 3 nitrogen and oxygen atoms in total. The van der Waals surface area contributed by atoms with E-state index in [1.165, 1.54) is 49.2 Å². The summed E-state index contributed by atoms with van der Waals surface area (Å²) in [4.78, 5) is 0. The van der Waals surface area contributed by atoms with Crippen molar-refractivity contribution in [2.24, 2.45) is 0 Å². The largest absolute Gasteiger partial charge is 0.397 e. The number of hydrogen-bond acceptors (Lipinski definition) is 3. The van der Waals surface area contributed by atoms with Crippen molar-refractivity contribution in [3.8, 4) is 0 Å². The van der Waals surface area contributed by atoms with Crippen molar-refractivity contribution in [3.05, 3.63) is 0 Å². The lowest BCUT2D eigenvalue weighted by Gasteiger charge is -2.52. The van der Waals surface area contributed by atoms with Gasteiger partial charge in [0, 0.05) is 13.2 Å². The lowest BCUT2D eigenvalue weighted by Crippen LogP contribution is -2.65. The van der Waals surface area contributed by atoms with Gasteiger partial charge in [-0.2, -0.15) is 0 Å². The summed E-state index contributed by atoms with van der Waals surface area (Å²) in [6.45, 7) is 26.2. The molecule has 0 aromatic heterocycles. The Kier molecular flexibility index (Phi) is 19.2. The fourth-order valence-electron chi connectivity index (χ4n) is 4.50. The molecule has 0 fully saturated rings. The fraction of sp³-hybridized carbons (Fsp3) is 1.00. The molecule has 166 valence electrons. The van der Waals surface area contributed by atoms with Gasteiger partial charge in [0.25, 0.3) is 0 Å². The molecule has 0 aromatic carbocycles. The Morgan fingerprint density at radius 3 is 1.11 bits per heavy atom. The van der Waals surface area contributed by atoms with Crippen molar-refractivity contribution < 1.29 is 8.85 Å². The van der Waals surface area contributed by atoms with Crippen LogP contribution in [0.3, 0.4) is 0 Å². The van der Waals surface area contributed by atoms with Crippen molar-refractivity contribution >= 4 is 25.8 Å². The van der Waals surface area contributed by atoms with E-state index in [4.69, 9.17) is 8.85 Å². The molecule has 0 amide bonds. The fourth-order valence-corrected chi connectivity index (χ4v) is 19.4. The zero-order valence-corrected chi connectivity index (χ0v) is 23.8. The monoisotopic (exact) mass is 435 g/mol. The van der Waals surface area contributed by atoms with E-state index in [-0.39, 0.29) is 0 Å². The van der Waals surface area contributed by atoms with Crippen LogP contribution in [0.1, 0.15) is 75.7 Å². The minimum absolute atomic E-state index is 0.796. The Morgan fingerprint density at radius 1 is 0.593 bits per heavy atom. The Bertz CT molecular complexity index is 282. The molecule has 0 rings (SSSR count). The first-order valence-electron chi connectivity index (χ1n) is 11.9. The van der Waals surface area contributed by atoms with Crippen molar-refractivity contribution in [1.29, 1.82) is 0 Å². The van der Waals surface area contributed by atoms with Crippen LogP contribution in [-0.4, -0.2) is 49.7 Å². The Labute approximate surface area is 176 Å². The molecule has 0 aliphatic carbocycles. The molecular weight excluding hydrogens is 382 g/mol. The van der Waals surface area contributed by atoms with E-state index in [0.29, 0.717) is 0 Å². The van der Waals surface area contributed by atoms with Crippen molar-refractivity contribution in [3.63, 3.8) is 0 Å². The van der Waals surface area contributed by atoms with Crippen LogP contribution in [0.25, 0.3) is 0 Å². The van der Waals surface area contributed by atoms with Crippen LogP contribution in [-0.2, 0) is 8.85 Å². The summed E-state index contributed by atoms with van der Waals surface area (Å²) < 4.78 is 13.9. The van der Waals surface area contributed by atoms with Crippen LogP contribution >= 0.6 is 0 Å². The van der Waals surface area contributed by atoms with Gasteiger partial charge in [0.15, 0.2) is 0 Å². The summed E-state index contributed by atoms with van der Waals surface area (Å²) in [5.41, 5.74) is 0. The normalized spacial score (nSPS) is 12.4. The average molecular weight is 436 g/mol. The van der Waals surface area contributed by atoms with Gasteiger partial charge in [-0.05, 0) is 69.1 Å². The van der Waals surface area contributed by atoms with Gasteiger partial charge in [0.1, 0.15) is 16.5 Å². The molecule has 0 saturated heterocycles. The summed E-state index contributed by atoms with van der Waals surface area (Å²) in [5.74, 6) is 0. The van der Waals surface area contributed by atoms with Gasteiger partial charge in [-0.3, -0.25) is 0 Å². The number of hydrogen-bond donors (Lipinski definition) is 0. The molecule has 0 N–H and O–H groups in total. The zero-order chi connectivity index (χ0) is 21.3. The highest BCUT2D eigenvalue weighted by atomic mass is 28.4. The van der Waals surface area contributed by atoms with Crippen molar-refractivity contribution in [2.45, 2.75) is 118 Å². The van der Waals surface area contributed by atoms with E-state index in [0.717, 1.165) is 19.3 Å². The maximum Gasteiger partial charge on any atom is 0.321 e. The lowest BCUT2D eigenvalue weighted by atomic mass is 10.5. The van der Waals surface area contributed by atoms with Gasteiger partial charge in [-0.15, -0.1) is 0 Å². The summed E-state index contributed by atoms with van der Waals surface area (Å²) in [5, 5.41) is 0. The van der Waals surface area contributed by atoms with Crippen LogP contribution in [0.4, 0.5) is 0 Å². The molecule has 27 heavy (non-hydrogen) atoms. The number of nitrogens with zero attached hydrogens (tertiary/aromatic N) is 1. The first kappa shape index (κ1) is 29.7. The van der Waals surface area contributed by atoms with Crippen LogP contribution < -0.4 is 0 Å². The Hall–Kier alpha value is 0.531. The van der Waals surface area contributed by atoms with Crippen LogP contribution in [0.5, 0.6) is 0 Å². The predicted molar refractivity (Wildman–Crippen MR) is 132 cm³/mol. The zero-order valence-electron chi connectivity index (χ0n) is 20.6. The van der Waals surface area contributed by atoms with E-state index in [9.17, 15) is 0 Å². The van der Waals surface area contributed by atoms with Gasteiger partial charge in [0.2, 0.25) is 0 Å². The highest BCUT2D eigenvalue weighted by molar-refractivity contribution is 6.92. The van der Waals surface area contributed by atoms with Crippen LogP contribution in [0, 0.1) is 0 Å². The topological polar surface area (TPSA) is 21.7 Å². The summed E-state index contributed by atoms with van der Waals surface area (Å²) >= 11 is 0. The van der Waals surface area contributed by atoms with E-state index < -0.39 is 25.8 Å². The third kappa shape index (κ3) is 9.26. The molecule has 6 heteroatoms. The van der Waals surface area contributed by atoms with Crippen LogP contribution in [0.2, 0.25) is 42.3 Å². The first-order chi connectivity index (χ1) is 12.9. The van der Waals surface area contributed by atoms with E-state index in [1.54, 1.807) is 0 Å².